The molecule has 0 aliphatic heterocycles. The van der Waals surface area contributed by atoms with Crippen molar-refractivity contribution in [3.05, 3.63) is 71.3 Å². The molecular weight excluding hydrogens is 296 g/mol. The monoisotopic (exact) mass is 314 g/mol. The molecule has 3 aromatic carbocycles. The standard InChI is InChI=1S/C22H18S/c1-13-8-9-14-16-11-17-15-6-4-5-7-20(15)23-21(17)12-19(16)22(2,3)18(14)10-13/h4-12H,1-3H3. The molecule has 0 spiro atoms. The van der Waals surface area contributed by atoms with Crippen LogP contribution in [0.15, 0.2) is 54.6 Å². The zero-order chi connectivity index (χ0) is 15.8. The summed E-state index contributed by atoms with van der Waals surface area (Å²) in [4.78, 5) is 0. The van der Waals surface area contributed by atoms with Crippen LogP contribution >= 0.6 is 11.3 Å². The number of rotatable bonds is 0. The number of aryl methyl sites for hydroxylation is 1. The molecular formula is C22H18S. The Hall–Kier alpha value is -2.12. The predicted molar refractivity (Wildman–Crippen MR) is 102 cm³/mol. The van der Waals surface area contributed by atoms with Crippen LogP contribution in [0.3, 0.4) is 0 Å². The van der Waals surface area contributed by atoms with E-state index in [0.717, 1.165) is 0 Å². The molecule has 1 aromatic heterocycles. The van der Waals surface area contributed by atoms with Crippen LogP contribution in [-0.2, 0) is 5.41 Å². The van der Waals surface area contributed by atoms with E-state index in [0.29, 0.717) is 0 Å². The van der Waals surface area contributed by atoms with Gasteiger partial charge in [0.15, 0.2) is 0 Å². The smallest absolute Gasteiger partial charge is 0.0358 e. The Morgan fingerprint density at radius 1 is 0.739 bits per heavy atom. The van der Waals surface area contributed by atoms with Gasteiger partial charge in [-0.05, 0) is 47.4 Å². The van der Waals surface area contributed by atoms with Gasteiger partial charge in [0.2, 0.25) is 0 Å². The first-order valence-electron chi connectivity index (χ1n) is 8.13. The van der Waals surface area contributed by atoms with Crippen LogP contribution in [0.1, 0.15) is 30.5 Å². The van der Waals surface area contributed by atoms with E-state index in [4.69, 9.17) is 0 Å². The lowest BCUT2D eigenvalue weighted by Crippen LogP contribution is -2.14. The fraction of sp³-hybridized carbons (Fsp3) is 0.182. The number of thiophene rings is 1. The Kier molecular flexibility index (Phi) is 2.46. The molecule has 0 atom stereocenters. The fourth-order valence-corrected chi connectivity index (χ4v) is 5.19. The average molecular weight is 314 g/mol. The van der Waals surface area contributed by atoms with Crippen molar-refractivity contribution >= 4 is 31.5 Å². The van der Waals surface area contributed by atoms with E-state index >= 15 is 0 Å². The number of fused-ring (bicyclic) bond motifs is 6. The minimum atomic E-state index is 0.0844. The summed E-state index contributed by atoms with van der Waals surface area (Å²) in [6, 6.07) is 20.5. The third-order valence-corrected chi connectivity index (χ3v) is 6.46. The van der Waals surface area contributed by atoms with Gasteiger partial charge in [-0.1, -0.05) is 55.8 Å². The first-order valence-corrected chi connectivity index (χ1v) is 8.94. The highest BCUT2D eigenvalue weighted by Gasteiger charge is 2.35. The number of benzene rings is 3. The quantitative estimate of drug-likeness (QED) is 0.340. The molecule has 1 aliphatic rings. The Morgan fingerprint density at radius 2 is 1.52 bits per heavy atom. The van der Waals surface area contributed by atoms with Gasteiger partial charge in [0.05, 0.1) is 0 Å². The summed E-state index contributed by atoms with van der Waals surface area (Å²) >= 11 is 1.91. The number of hydrogen-bond donors (Lipinski definition) is 0. The van der Waals surface area contributed by atoms with E-state index in [1.807, 2.05) is 11.3 Å². The summed E-state index contributed by atoms with van der Waals surface area (Å²) in [6.45, 7) is 6.90. The van der Waals surface area contributed by atoms with Gasteiger partial charge in [-0.25, -0.2) is 0 Å². The van der Waals surface area contributed by atoms with Crippen molar-refractivity contribution in [2.75, 3.05) is 0 Å². The van der Waals surface area contributed by atoms with Crippen LogP contribution in [0, 0.1) is 6.92 Å². The van der Waals surface area contributed by atoms with Gasteiger partial charge in [0.25, 0.3) is 0 Å². The van der Waals surface area contributed by atoms with Crippen LogP contribution < -0.4 is 0 Å². The molecule has 112 valence electrons. The third kappa shape index (κ3) is 1.66. The molecule has 0 fully saturated rings. The Bertz CT molecular complexity index is 1100. The summed E-state index contributed by atoms with van der Waals surface area (Å²) in [7, 11) is 0. The summed E-state index contributed by atoms with van der Waals surface area (Å²) in [5, 5.41) is 2.78. The molecule has 4 aromatic rings. The molecule has 5 rings (SSSR count). The van der Waals surface area contributed by atoms with Gasteiger partial charge in [0.1, 0.15) is 0 Å². The van der Waals surface area contributed by atoms with Gasteiger partial charge in [0, 0.05) is 25.6 Å². The molecule has 1 heterocycles. The lowest BCUT2D eigenvalue weighted by molar-refractivity contribution is 0.660. The molecule has 0 N–H and O–H groups in total. The maximum atomic E-state index is 2.44. The van der Waals surface area contributed by atoms with E-state index in [-0.39, 0.29) is 5.41 Å². The molecule has 0 radical (unpaired) electrons. The highest BCUT2D eigenvalue weighted by molar-refractivity contribution is 7.25. The maximum absolute atomic E-state index is 2.44. The fourth-order valence-electron chi connectivity index (χ4n) is 4.07. The summed E-state index contributed by atoms with van der Waals surface area (Å²) < 4.78 is 2.79. The molecule has 23 heavy (non-hydrogen) atoms. The summed E-state index contributed by atoms with van der Waals surface area (Å²) in [6.07, 6.45) is 0. The van der Waals surface area contributed by atoms with Gasteiger partial charge in [-0.2, -0.15) is 0 Å². The van der Waals surface area contributed by atoms with E-state index in [1.54, 1.807) is 0 Å². The van der Waals surface area contributed by atoms with Crippen LogP contribution in [0.4, 0.5) is 0 Å². The topological polar surface area (TPSA) is 0 Å². The average Bonchev–Trinajstić information content (AvgIpc) is 3.00. The predicted octanol–water partition coefficient (Wildman–Crippen LogP) is 6.67. The first kappa shape index (κ1) is 13.3. The number of hydrogen-bond acceptors (Lipinski definition) is 1. The summed E-state index contributed by atoms with van der Waals surface area (Å²) in [5.41, 5.74) is 7.19. The molecule has 0 saturated carbocycles. The second-order valence-corrected chi connectivity index (χ2v) is 8.25. The molecule has 0 saturated heterocycles. The van der Waals surface area contributed by atoms with Crippen LogP contribution in [0.5, 0.6) is 0 Å². The van der Waals surface area contributed by atoms with Crippen molar-refractivity contribution in [1.29, 1.82) is 0 Å². The van der Waals surface area contributed by atoms with Crippen LogP contribution in [0.2, 0.25) is 0 Å². The van der Waals surface area contributed by atoms with E-state index in [2.05, 4.69) is 75.4 Å². The molecule has 0 nitrogen and oxygen atoms in total. The Morgan fingerprint density at radius 3 is 2.39 bits per heavy atom. The minimum Gasteiger partial charge on any atom is -0.135 e. The normalized spacial score (nSPS) is 15.1. The Labute approximate surface area is 140 Å². The SMILES string of the molecule is Cc1ccc2c(c1)C(C)(C)c1cc3sc4ccccc4c3cc1-2. The van der Waals surface area contributed by atoms with Crippen molar-refractivity contribution in [1.82, 2.24) is 0 Å². The molecule has 1 aliphatic carbocycles. The second-order valence-electron chi connectivity index (χ2n) is 7.17. The third-order valence-electron chi connectivity index (χ3n) is 5.33. The van der Waals surface area contributed by atoms with Crippen molar-refractivity contribution in [2.24, 2.45) is 0 Å². The highest BCUT2D eigenvalue weighted by Crippen LogP contribution is 2.51. The molecule has 1 heteroatoms. The summed E-state index contributed by atoms with van der Waals surface area (Å²) in [5.74, 6) is 0. The highest BCUT2D eigenvalue weighted by atomic mass is 32.1. The molecule has 0 bridgehead atoms. The molecule has 0 amide bonds. The van der Waals surface area contributed by atoms with Crippen LogP contribution in [0.25, 0.3) is 31.3 Å². The Balaban J connectivity index is 1.93. The van der Waals surface area contributed by atoms with E-state index in [1.165, 1.54) is 48.0 Å². The zero-order valence-corrected chi connectivity index (χ0v) is 14.4. The largest absolute Gasteiger partial charge is 0.135 e. The zero-order valence-electron chi connectivity index (χ0n) is 13.6. The van der Waals surface area contributed by atoms with Gasteiger partial charge < -0.3 is 0 Å². The van der Waals surface area contributed by atoms with Gasteiger partial charge in [-0.3, -0.25) is 0 Å². The lowest BCUT2D eigenvalue weighted by Gasteiger charge is -2.21. The van der Waals surface area contributed by atoms with Crippen molar-refractivity contribution < 1.29 is 0 Å². The second kappa shape index (κ2) is 4.24. The van der Waals surface area contributed by atoms with Gasteiger partial charge >= 0.3 is 0 Å². The maximum Gasteiger partial charge on any atom is 0.0358 e. The van der Waals surface area contributed by atoms with E-state index in [9.17, 15) is 0 Å². The van der Waals surface area contributed by atoms with Crippen LogP contribution in [-0.4, -0.2) is 0 Å². The van der Waals surface area contributed by atoms with Crippen molar-refractivity contribution in [2.45, 2.75) is 26.2 Å². The first-order chi connectivity index (χ1) is 11.1. The minimum absolute atomic E-state index is 0.0844. The van der Waals surface area contributed by atoms with Crippen molar-refractivity contribution in [3.8, 4) is 11.1 Å². The molecule has 0 unspecified atom stereocenters. The van der Waals surface area contributed by atoms with Crippen molar-refractivity contribution in [3.63, 3.8) is 0 Å². The van der Waals surface area contributed by atoms with E-state index < -0.39 is 0 Å². The lowest BCUT2D eigenvalue weighted by atomic mass is 9.82. The van der Waals surface area contributed by atoms with Gasteiger partial charge in [-0.15, -0.1) is 11.3 Å².